The van der Waals surface area contributed by atoms with Gasteiger partial charge in [0.2, 0.25) is 5.91 Å². The quantitative estimate of drug-likeness (QED) is 0.359. The van der Waals surface area contributed by atoms with Crippen LogP contribution in [0.2, 0.25) is 10.0 Å². The monoisotopic (exact) mass is 526 g/mol. The topological polar surface area (TPSA) is 58.6 Å². The van der Waals surface area contributed by atoms with Gasteiger partial charge in [0.15, 0.2) is 6.61 Å². The zero-order valence-corrected chi connectivity index (χ0v) is 22.6. The molecule has 0 aromatic heterocycles. The van der Waals surface area contributed by atoms with Gasteiger partial charge >= 0.3 is 0 Å². The van der Waals surface area contributed by atoms with Crippen LogP contribution in [0.3, 0.4) is 0 Å². The fraction of sp³-hybridized carbons (Fsp3) is 0.310. The summed E-state index contributed by atoms with van der Waals surface area (Å²) in [7, 11) is 0. The van der Waals surface area contributed by atoms with Crippen molar-refractivity contribution in [3.63, 3.8) is 0 Å². The third kappa shape index (κ3) is 8.00. The van der Waals surface area contributed by atoms with Crippen LogP contribution in [0.15, 0.2) is 72.8 Å². The Bertz CT molecular complexity index is 1190. The summed E-state index contributed by atoms with van der Waals surface area (Å²) in [5, 5.41) is 3.84. The molecule has 0 radical (unpaired) electrons. The Hall–Kier alpha value is -3.02. The minimum absolute atomic E-state index is 0.224. The predicted molar refractivity (Wildman–Crippen MR) is 146 cm³/mol. The van der Waals surface area contributed by atoms with Crippen molar-refractivity contribution in [3.05, 3.63) is 99.5 Å². The van der Waals surface area contributed by atoms with Crippen LogP contribution in [-0.4, -0.2) is 34.9 Å². The lowest BCUT2D eigenvalue weighted by atomic mass is 10.00. The van der Waals surface area contributed by atoms with Gasteiger partial charge in [-0.1, -0.05) is 77.8 Å². The first-order valence-electron chi connectivity index (χ1n) is 11.8. The number of carbonyl (C=O) groups excluding carboxylic acids is 2. The van der Waals surface area contributed by atoms with Gasteiger partial charge in [0.25, 0.3) is 5.91 Å². The molecular formula is C29H32Cl2N2O3. The summed E-state index contributed by atoms with van der Waals surface area (Å²) in [5.41, 5.74) is 2.48. The molecule has 0 aliphatic heterocycles. The number of nitrogens with zero attached hydrogens (tertiary/aromatic N) is 1. The average molecular weight is 527 g/mol. The Morgan fingerprint density at radius 3 is 2.28 bits per heavy atom. The molecule has 3 rings (SSSR count). The summed E-state index contributed by atoms with van der Waals surface area (Å²) < 4.78 is 5.77. The molecule has 0 fully saturated rings. The Morgan fingerprint density at radius 2 is 1.64 bits per heavy atom. The number of ether oxygens (including phenoxy) is 1. The van der Waals surface area contributed by atoms with Crippen LogP contribution in [0.4, 0.5) is 0 Å². The van der Waals surface area contributed by atoms with Crippen molar-refractivity contribution in [1.29, 1.82) is 0 Å². The Kier molecular flexibility index (Phi) is 9.41. The fourth-order valence-corrected chi connectivity index (χ4v) is 4.26. The van der Waals surface area contributed by atoms with Crippen molar-refractivity contribution in [2.75, 3.05) is 6.61 Å². The minimum atomic E-state index is -0.747. The third-order valence-electron chi connectivity index (χ3n) is 5.62. The molecule has 2 amide bonds. The maximum atomic E-state index is 13.7. The summed E-state index contributed by atoms with van der Waals surface area (Å²) in [5.74, 6) is -0.198. The van der Waals surface area contributed by atoms with Crippen molar-refractivity contribution in [2.24, 2.45) is 0 Å². The Morgan fingerprint density at radius 1 is 0.972 bits per heavy atom. The van der Waals surface area contributed by atoms with E-state index in [1.54, 1.807) is 23.1 Å². The molecule has 0 spiro atoms. The van der Waals surface area contributed by atoms with Gasteiger partial charge in [-0.15, -0.1) is 0 Å². The summed E-state index contributed by atoms with van der Waals surface area (Å²) in [4.78, 5) is 28.8. The first kappa shape index (κ1) is 27.6. The molecule has 0 saturated heterocycles. The van der Waals surface area contributed by atoms with Crippen molar-refractivity contribution >= 4 is 35.0 Å². The highest BCUT2D eigenvalue weighted by atomic mass is 35.5. The average Bonchev–Trinajstić information content (AvgIpc) is 2.81. The van der Waals surface area contributed by atoms with E-state index in [0.717, 1.165) is 16.7 Å². The summed E-state index contributed by atoms with van der Waals surface area (Å²) in [6.07, 6.45) is 0.363. The van der Waals surface area contributed by atoms with E-state index in [4.69, 9.17) is 27.9 Å². The van der Waals surface area contributed by atoms with E-state index in [9.17, 15) is 9.59 Å². The molecule has 0 saturated carbocycles. The van der Waals surface area contributed by atoms with Gasteiger partial charge in [-0.2, -0.15) is 0 Å². The largest absolute Gasteiger partial charge is 0.482 e. The van der Waals surface area contributed by atoms with E-state index in [-0.39, 0.29) is 25.0 Å². The lowest BCUT2D eigenvalue weighted by molar-refractivity contribution is -0.143. The standard InChI is InChI=1S/C29H32Cl2N2O3/c1-20-10-8-9-13-22(20)18-33(27(34)19-36-26-15-14-23(30)17-24(26)31)25(28(35)32-29(2,3)4)16-21-11-6-5-7-12-21/h5-15,17,25H,16,18-19H2,1-4H3,(H,32,35). The van der Waals surface area contributed by atoms with Crippen LogP contribution in [0, 0.1) is 6.92 Å². The normalized spacial score (nSPS) is 12.1. The number of benzene rings is 3. The SMILES string of the molecule is Cc1ccccc1CN(C(=O)COc1ccc(Cl)cc1Cl)C(Cc1ccccc1)C(=O)NC(C)(C)C. The van der Waals surface area contributed by atoms with E-state index in [2.05, 4.69) is 5.32 Å². The molecular weight excluding hydrogens is 495 g/mol. The van der Waals surface area contributed by atoms with Gasteiger partial charge in [-0.05, 0) is 62.6 Å². The van der Waals surface area contributed by atoms with Gasteiger partial charge in [0.1, 0.15) is 11.8 Å². The molecule has 3 aromatic carbocycles. The van der Waals surface area contributed by atoms with E-state index >= 15 is 0 Å². The molecule has 0 aliphatic carbocycles. The highest BCUT2D eigenvalue weighted by Crippen LogP contribution is 2.28. The molecule has 1 N–H and O–H groups in total. The number of rotatable bonds is 9. The minimum Gasteiger partial charge on any atom is -0.482 e. The number of amides is 2. The second kappa shape index (κ2) is 12.3. The molecule has 3 aromatic rings. The van der Waals surface area contributed by atoms with Crippen molar-refractivity contribution < 1.29 is 14.3 Å². The smallest absolute Gasteiger partial charge is 0.261 e. The summed E-state index contributed by atoms with van der Waals surface area (Å²) in [6.45, 7) is 7.74. The fourth-order valence-electron chi connectivity index (χ4n) is 3.79. The van der Waals surface area contributed by atoms with Crippen LogP contribution >= 0.6 is 23.2 Å². The molecule has 1 unspecified atom stereocenters. The zero-order chi connectivity index (χ0) is 26.3. The summed E-state index contributed by atoms with van der Waals surface area (Å²) in [6, 6.07) is 21.6. The van der Waals surface area contributed by atoms with Crippen LogP contribution in [0.5, 0.6) is 5.75 Å². The van der Waals surface area contributed by atoms with Gasteiger partial charge in [0, 0.05) is 23.5 Å². The molecule has 7 heteroatoms. The van der Waals surface area contributed by atoms with Crippen LogP contribution in [-0.2, 0) is 22.6 Å². The number of carbonyl (C=O) groups is 2. The third-order valence-corrected chi connectivity index (χ3v) is 6.15. The second-order valence-electron chi connectivity index (χ2n) is 9.76. The number of nitrogens with one attached hydrogen (secondary N) is 1. The van der Waals surface area contributed by atoms with Crippen molar-refractivity contribution in [3.8, 4) is 5.75 Å². The lowest BCUT2D eigenvalue weighted by Crippen LogP contribution is -2.55. The molecule has 0 bridgehead atoms. The second-order valence-corrected chi connectivity index (χ2v) is 10.6. The van der Waals surface area contributed by atoms with Crippen molar-refractivity contribution in [1.82, 2.24) is 10.2 Å². The number of hydrogen-bond donors (Lipinski definition) is 1. The van der Waals surface area contributed by atoms with Gasteiger partial charge in [-0.25, -0.2) is 0 Å². The lowest BCUT2D eigenvalue weighted by Gasteiger charge is -2.34. The molecule has 0 heterocycles. The molecule has 36 heavy (non-hydrogen) atoms. The zero-order valence-electron chi connectivity index (χ0n) is 21.1. The van der Waals surface area contributed by atoms with E-state index < -0.39 is 11.6 Å². The summed E-state index contributed by atoms with van der Waals surface area (Å²) >= 11 is 12.2. The van der Waals surface area contributed by atoms with Gasteiger partial charge < -0.3 is 15.0 Å². The Balaban J connectivity index is 1.95. The number of halogens is 2. The first-order valence-corrected chi connectivity index (χ1v) is 12.6. The van der Waals surface area contributed by atoms with Crippen LogP contribution in [0.1, 0.15) is 37.5 Å². The predicted octanol–water partition coefficient (Wildman–Crippen LogP) is 6.24. The number of hydrogen-bond acceptors (Lipinski definition) is 3. The van der Waals surface area contributed by atoms with Gasteiger partial charge in [-0.3, -0.25) is 9.59 Å². The molecule has 1 atom stereocenters. The molecule has 5 nitrogen and oxygen atoms in total. The number of aryl methyl sites for hydroxylation is 1. The van der Waals surface area contributed by atoms with E-state index in [1.807, 2.05) is 82.3 Å². The maximum absolute atomic E-state index is 13.7. The Labute approximate surface area is 223 Å². The highest BCUT2D eigenvalue weighted by molar-refractivity contribution is 6.35. The first-order chi connectivity index (χ1) is 17.0. The highest BCUT2D eigenvalue weighted by Gasteiger charge is 2.32. The van der Waals surface area contributed by atoms with E-state index in [0.29, 0.717) is 22.2 Å². The molecule has 190 valence electrons. The van der Waals surface area contributed by atoms with Crippen molar-refractivity contribution in [2.45, 2.75) is 52.2 Å². The maximum Gasteiger partial charge on any atom is 0.261 e. The van der Waals surface area contributed by atoms with Gasteiger partial charge in [0.05, 0.1) is 5.02 Å². The molecule has 0 aliphatic rings. The van der Waals surface area contributed by atoms with Crippen LogP contribution in [0.25, 0.3) is 0 Å². The van der Waals surface area contributed by atoms with E-state index in [1.165, 1.54) is 0 Å². The van der Waals surface area contributed by atoms with Crippen LogP contribution < -0.4 is 10.1 Å².